The maximum absolute atomic E-state index is 11.9. The second-order valence-electron chi connectivity index (χ2n) is 9.39. The predicted octanol–water partition coefficient (Wildman–Crippen LogP) is 5.48. The average molecular weight is 452 g/mol. The molecule has 2 unspecified atom stereocenters. The standard InChI is InChI=1S/C27H41N5O/c1-8-18(4)26-25(21(9-2)10-3)28-16-24(31(26)7)23-14-13-19(5)29-27(23)30-22-12-11-15-32(17-22)20(6)33/h8,13-14,16,21-22,24H,9-12,15,17H2,1-7H3,(H,29,30)/b18-8-. The number of rotatable bonds is 7. The van der Waals surface area contributed by atoms with Crippen LogP contribution in [-0.2, 0) is 4.79 Å². The van der Waals surface area contributed by atoms with E-state index in [4.69, 9.17) is 9.98 Å². The molecule has 1 amide bonds. The molecule has 33 heavy (non-hydrogen) atoms. The van der Waals surface area contributed by atoms with Crippen LogP contribution in [0.15, 0.2) is 40.2 Å². The lowest BCUT2D eigenvalue weighted by Gasteiger charge is -2.38. The smallest absolute Gasteiger partial charge is 0.219 e. The van der Waals surface area contributed by atoms with Crippen LogP contribution in [0.3, 0.4) is 0 Å². The fourth-order valence-electron chi connectivity index (χ4n) is 5.01. The van der Waals surface area contributed by atoms with Gasteiger partial charge in [0.15, 0.2) is 0 Å². The maximum atomic E-state index is 11.9. The number of hydrogen-bond acceptors (Lipinski definition) is 5. The topological polar surface area (TPSA) is 60.8 Å². The number of carbonyl (C=O) groups is 1. The van der Waals surface area contributed by atoms with Gasteiger partial charge in [-0.25, -0.2) is 4.98 Å². The average Bonchev–Trinajstić information content (AvgIpc) is 2.80. The Morgan fingerprint density at radius 2 is 2.00 bits per heavy atom. The van der Waals surface area contributed by atoms with Crippen molar-refractivity contribution in [2.75, 3.05) is 25.5 Å². The Balaban J connectivity index is 1.95. The van der Waals surface area contributed by atoms with E-state index in [2.05, 4.69) is 69.4 Å². The highest BCUT2D eigenvalue weighted by Crippen LogP contribution is 2.38. The zero-order valence-corrected chi connectivity index (χ0v) is 21.5. The molecule has 1 aromatic rings. The van der Waals surface area contributed by atoms with Crippen LogP contribution in [0.1, 0.15) is 77.6 Å². The lowest BCUT2D eigenvalue weighted by atomic mass is 9.92. The minimum absolute atomic E-state index is 0.00360. The number of allylic oxidation sites excluding steroid dienone is 3. The zero-order valence-electron chi connectivity index (χ0n) is 21.5. The van der Waals surface area contributed by atoms with Gasteiger partial charge in [-0.2, -0.15) is 0 Å². The second-order valence-corrected chi connectivity index (χ2v) is 9.39. The van der Waals surface area contributed by atoms with Crippen LogP contribution in [0.2, 0.25) is 0 Å². The summed E-state index contributed by atoms with van der Waals surface area (Å²) in [6, 6.07) is 4.45. The Bertz CT molecular complexity index is 944. The highest BCUT2D eigenvalue weighted by atomic mass is 16.2. The SMILES string of the molecule is C/C=C(/C)C1=C(C(CC)CC)N=CC(c2ccc(C)nc2NC2CCCN(C(C)=O)C2)N1C. The van der Waals surface area contributed by atoms with Crippen molar-refractivity contribution in [1.29, 1.82) is 0 Å². The number of amides is 1. The third kappa shape index (κ3) is 5.48. The predicted molar refractivity (Wildman–Crippen MR) is 137 cm³/mol. The lowest BCUT2D eigenvalue weighted by Crippen LogP contribution is -2.44. The van der Waals surface area contributed by atoms with Crippen molar-refractivity contribution in [2.24, 2.45) is 10.9 Å². The van der Waals surface area contributed by atoms with E-state index in [0.717, 1.165) is 55.8 Å². The molecule has 0 spiro atoms. The molecular weight excluding hydrogens is 410 g/mol. The van der Waals surface area contributed by atoms with E-state index in [-0.39, 0.29) is 18.0 Å². The summed E-state index contributed by atoms with van der Waals surface area (Å²) >= 11 is 0. The molecule has 0 aromatic carbocycles. The van der Waals surface area contributed by atoms with Crippen LogP contribution < -0.4 is 5.32 Å². The maximum Gasteiger partial charge on any atom is 0.219 e. The summed E-state index contributed by atoms with van der Waals surface area (Å²) in [4.78, 5) is 26.1. The molecule has 0 aliphatic carbocycles. The van der Waals surface area contributed by atoms with E-state index in [0.29, 0.717) is 5.92 Å². The van der Waals surface area contributed by atoms with Gasteiger partial charge in [0.05, 0.1) is 17.4 Å². The molecule has 1 saturated heterocycles. The van der Waals surface area contributed by atoms with Crippen molar-refractivity contribution in [3.8, 4) is 0 Å². The molecule has 1 aromatic heterocycles. The Morgan fingerprint density at radius 1 is 1.27 bits per heavy atom. The molecule has 1 fully saturated rings. The molecule has 6 nitrogen and oxygen atoms in total. The first-order chi connectivity index (χ1) is 15.8. The van der Waals surface area contributed by atoms with Gasteiger partial charge in [0, 0.05) is 56.5 Å². The number of aliphatic imine (C=N–C) groups is 1. The van der Waals surface area contributed by atoms with Gasteiger partial charge in [-0.3, -0.25) is 9.79 Å². The monoisotopic (exact) mass is 451 g/mol. The van der Waals surface area contributed by atoms with Crippen LogP contribution in [-0.4, -0.2) is 53.1 Å². The van der Waals surface area contributed by atoms with Gasteiger partial charge in [-0.05, 0) is 58.1 Å². The van der Waals surface area contributed by atoms with Gasteiger partial charge in [0.2, 0.25) is 5.91 Å². The van der Waals surface area contributed by atoms with E-state index < -0.39 is 0 Å². The number of aromatic nitrogens is 1. The lowest BCUT2D eigenvalue weighted by molar-refractivity contribution is -0.129. The molecule has 180 valence electrons. The van der Waals surface area contributed by atoms with Gasteiger partial charge in [-0.1, -0.05) is 26.0 Å². The summed E-state index contributed by atoms with van der Waals surface area (Å²) in [6.45, 7) is 14.0. The summed E-state index contributed by atoms with van der Waals surface area (Å²) in [6.07, 6.45) is 8.46. The first-order valence-corrected chi connectivity index (χ1v) is 12.4. The van der Waals surface area contributed by atoms with Crippen molar-refractivity contribution in [2.45, 2.75) is 79.3 Å². The number of carbonyl (C=O) groups excluding carboxylic acids is 1. The molecule has 2 atom stereocenters. The van der Waals surface area contributed by atoms with Crippen LogP contribution in [0, 0.1) is 12.8 Å². The van der Waals surface area contributed by atoms with Crippen molar-refractivity contribution >= 4 is 17.9 Å². The Morgan fingerprint density at radius 3 is 2.64 bits per heavy atom. The number of nitrogens with one attached hydrogen (secondary N) is 1. The molecule has 0 saturated carbocycles. The summed E-state index contributed by atoms with van der Waals surface area (Å²) < 4.78 is 0. The van der Waals surface area contributed by atoms with Crippen LogP contribution in [0.25, 0.3) is 0 Å². The number of hydrogen-bond donors (Lipinski definition) is 1. The Hall–Kier alpha value is -2.63. The quantitative estimate of drug-likeness (QED) is 0.596. The minimum Gasteiger partial charge on any atom is -0.365 e. The molecule has 3 heterocycles. The number of nitrogens with zero attached hydrogens (tertiary/aromatic N) is 4. The molecule has 2 aliphatic rings. The molecule has 0 bridgehead atoms. The molecule has 2 aliphatic heterocycles. The normalized spacial score (nSPS) is 21.8. The van der Waals surface area contributed by atoms with Gasteiger partial charge in [0.25, 0.3) is 0 Å². The highest BCUT2D eigenvalue weighted by Gasteiger charge is 2.30. The number of pyridine rings is 1. The van der Waals surface area contributed by atoms with Crippen molar-refractivity contribution in [3.05, 3.63) is 46.4 Å². The second kappa shape index (κ2) is 11.0. The first-order valence-electron chi connectivity index (χ1n) is 12.4. The fourth-order valence-corrected chi connectivity index (χ4v) is 5.01. The largest absolute Gasteiger partial charge is 0.365 e. The number of anilines is 1. The number of likely N-dealkylation sites (tertiary alicyclic amines) is 1. The van der Waals surface area contributed by atoms with Gasteiger partial charge in [0.1, 0.15) is 5.82 Å². The third-order valence-electron chi connectivity index (χ3n) is 7.14. The molecule has 0 radical (unpaired) electrons. The van der Waals surface area contributed by atoms with Crippen molar-refractivity contribution in [3.63, 3.8) is 0 Å². The van der Waals surface area contributed by atoms with Crippen LogP contribution in [0.4, 0.5) is 5.82 Å². The van der Waals surface area contributed by atoms with Gasteiger partial charge in [-0.15, -0.1) is 0 Å². The molecule has 3 rings (SSSR count). The minimum atomic E-state index is -0.00360. The van der Waals surface area contributed by atoms with Crippen LogP contribution in [0.5, 0.6) is 0 Å². The van der Waals surface area contributed by atoms with E-state index in [1.54, 1.807) is 6.92 Å². The summed E-state index contributed by atoms with van der Waals surface area (Å²) in [5.74, 6) is 1.49. The Kier molecular flexibility index (Phi) is 8.33. The van der Waals surface area contributed by atoms with Crippen molar-refractivity contribution in [1.82, 2.24) is 14.8 Å². The first kappa shape index (κ1) is 25.0. The Labute approximate surface area is 199 Å². The van der Waals surface area contributed by atoms with E-state index in [1.165, 1.54) is 17.0 Å². The summed E-state index contributed by atoms with van der Waals surface area (Å²) in [7, 11) is 2.17. The molecule has 6 heteroatoms. The van der Waals surface area contributed by atoms with Gasteiger partial charge < -0.3 is 15.1 Å². The molecule has 1 N–H and O–H groups in total. The van der Waals surface area contributed by atoms with E-state index in [1.807, 2.05) is 11.8 Å². The van der Waals surface area contributed by atoms with Gasteiger partial charge >= 0.3 is 0 Å². The zero-order chi connectivity index (χ0) is 24.1. The highest BCUT2D eigenvalue weighted by molar-refractivity contribution is 5.75. The van der Waals surface area contributed by atoms with E-state index in [9.17, 15) is 4.79 Å². The van der Waals surface area contributed by atoms with Crippen molar-refractivity contribution < 1.29 is 4.79 Å². The number of aryl methyl sites for hydroxylation is 1. The fraction of sp³-hybridized carbons (Fsp3) is 0.593. The third-order valence-corrected chi connectivity index (χ3v) is 7.14. The van der Waals surface area contributed by atoms with Crippen LogP contribution >= 0.6 is 0 Å². The summed E-state index contributed by atoms with van der Waals surface area (Å²) in [5.41, 5.74) is 5.77. The molecular formula is C27H41N5O. The number of piperidine rings is 1. The summed E-state index contributed by atoms with van der Waals surface area (Å²) in [5, 5.41) is 3.68. The number of likely N-dealkylation sites (N-methyl/N-ethyl adjacent to an activating group) is 1. The van der Waals surface area contributed by atoms with E-state index >= 15 is 0 Å².